The molecule has 0 bridgehead atoms. The van der Waals surface area contributed by atoms with Crippen LogP contribution in [0.4, 0.5) is 0 Å². The lowest BCUT2D eigenvalue weighted by Crippen LogP contribution is -2.12. The van der Waals surface area contributed by atoms with Crippen molar-refractivity contribution < 1.29 is 0 Å². The van der Waals surface area contributed by atoms with Gasteiger partial charge in [-0.15, -0.1) is 11.3 Å². The third-order valence-electron chi connectivity index (χ3n) is 2.60. The van der Waals surface area contributed by atoms with E-state index < -0.39 is 0 Å². The van der Waals surface area contributed by atoms with Gasteiger partial charge in [-0.1, -0.05) is 29.8 Å². The standard InChI is InChI=1S/C13H14BrNS/c1-9-2-4-10(5-3-9)12(15)8-13-11(14)6-7-16-13/h2-7,12H,8,15H2,1H3. The summed E-state index contributed by atoms with van der Waals surface area (Å²) in [5, 5.41) is 2.08. The van der Waals surface area contributed by atoms with Crippen molar-refractivity contribution in [1.29, 1.82) is 0 Å². The molecular formula is C13H14BrNS. The molecule has 1 unspecified atom stereocenters. The highest BCUT2D eigenvalue weighted by atomic mass is 79.9. The van der Waals surface area contributed by atoms with Crippen molar-refractivity contribution in [2.45, 2.75) is 19.4 Å². The summed E-state index contributed by atoms with van der Waals surface area (Å²) in [5.74, 6) is 0. The fraction of sp³-hybridized carbons (Fsp3) is 0.231. The molecule has 0 radical (unpaired) electrons. The Bertz CT molecular complexity index is 461. The quantitative estimate of drug-likeness (QED) is 0.908. The number of benzene rings is 1. The summed E-state index contributed by atoms with van der Waals surface area (Å²) in [6, 6.07) is 10.6. The Hall–Kier alpha value is -0.640. The molecule has 2 rings (SSSR count). The van der Waals surface area contributed by atoms with E-state index in [1.165, 1.54) is 20.5 Å². The van der Waals surface area contributed by atoms with E-state index in [0.29, 0.717) is 0 Å². The van der Waals surface area contributed by atoms with Crippen LogP contribution in [0.3, 0.4) is 0 Å². The van der Waals surface area contributed by atoms with E-state index in [1.807, 2.05) is 0 Å². The number of nitrogens with two attached hydrogens (primary N) is 1. The molecule has 3 heteroatoms. The first-order chi connectivity index (χ1) is 7.66. The summed E-state index contributed by atoms with van der Waals surface area (Å²) in [4.78, 5) is 1.31. The zero-order chi connectivity index (χ0) is 11.5. The number of thiophene rings is 1. The number of hydrogen-bond acceptors (Lipinski definition) is 2. The minimum Gasteiger partial charge on any atom is -0.324 e. The van der Waals surface area contributed by atoms with Crippen molar-refractivity contribution in [2.75, 3.05) is 0 Å². The highest BCUT2D eigenvalue weighted by Crippen LogP contribution is 2.27. The molecule has 0 spiro atoms. The first-order valence-corrected chi connectivity index (χ1v) is 6.88. The van der Waals surface area contributed by atoms with E-state index in [2.05, 4.69) is 58.6 Å². The summed E-state index contributed by atoms with van der Waals surface area (Å²) in [7, 11) is 0. The Balaban J connectivity index is 2.11. The molecule has 0 saturated heterocycles. The average molecular weight is 296 g/mol. The second-order valence-electron chi connectivity index (χ2n) is 3.91. The lowest BCUT2D eigenvalue weighted by atomic mass is 10.0. The van der Waals surface area contributed by atoms with Gasteiger partial charge in [-0.3, -0.25) is 0 Å². The smallest absolute Gasteiger partial charge is 0.0344 e. The molecule has 1 aromatic carbocycles. The van der Waals surface area contributed by atoms with Crippen LogP contribution in [0.15, 0.2) is 40.2 Å². The summed E-state index contributed by atoms with van der Waals surface area (Å²) in [6.45, 7) is 2.09. The van der Waals surface area contributed by atoms with E-state index in [-0.39, 0.29) is 6.04 Å². The van der Waals surface area contributed by atoms with Crippen LogP contribution in [0.25, 0.3) is 0 Å². The van der Waals surface area contributed by atoms with Crippen LogP contribution in [0.1, 0.15) is 22.0 Å². The van der Waals surface area contributed by atoms with Gasteiger partial charge in [-0.25, -0.2) is 0 Å². The zero-order valence-corrected chi connectivity index (χ0v) is 11.5. The van der Waals surface area contributed by atoms with Gasteiger partial charge in [0, 0.05) is 21.8 Å². The number of aryl methyl sites for hydroxylation is 1. The third kappa shape index (κ3) is 2.73. The Morgan fingerprint density at radius 2 is 1.94 bits per heavy atom. The second-order valence-corrected chi connectivity index (χ2v) is 5.77. The highest BCUT2D eigenvalue weighted by molar-refractivity contribution is 9.10. The minimum absolute atomic E-state index is 0.0792. The molecule has 1 nitrogen and oxygen atoms in total. The van der Waals surface area contributed by atoms with Crippen LogP contribution in [-0.2, 0) is 6.42 Å². The van der Waals surface area contributed by atoms with Crippen LogP contribution in [0.2, 0.25) is 0 Å². The summed E-state index contributed by atoms with van der Waals surface area (Å²) < 4.78 is 1.17. The van der Waals surface area contributed by atoms with Crippen molar-refractivity contribution in [3.63, 3.8) is 0 Å². The van der Waals surface area contributed by atoms with E-state index in [0.717, 1.165) is 6.42 Å². The van der Waals surface area contributed by atoms with Crippen molar-refractivity contribution >= 4 is 27.3 Å². The maximum Gasteiger partial charge on any atom is 0.0344 e. The normalized spacial score (nSPS) is 12.7. The summed E-state index contributed by atoms with van der Waals surface area (Å²) in [6.07, 6.45) is 0.890. The maximum absolute atomic E-state index is 6.19. The largest absolute Gasteiger partial charge is 0.324 e. The van der Waals surface area contributed by atoms with Crippen molar-refractivity contribution in [1.82, 2.24) is 0 Å². The third-order valence-corrected chi connectivity index (χ3v) is 4.55. The molecule has 16 heavy (non-hydrogen) atoms. The first kappa shape index (κ1) is 11.8. The van der Waals surface area contributed by atoms with Gasteiger partial charge in [0.2, 0.25) is 0 Å². The van der Waals surface area contributed by atoms with Crippen LogP contribution in [0, 0.1) is 6.92 Å². The Kier molecular flexibility index (Phi) is 3.79. The number of rotatable bonds is 3. The van der Waals surface area contributed by atoms with Gasteiger partial charge >= 0.3 is 0 Å². The molecule has 0 amide bonds. The van der Waals surface area contributed by atoms with Crippen molar-refractivity contribution in [2.24, 2.45) is 5.73 Å². The Morgan fingerprint density at radius 3 is 2.50 bits per heavy atom. The lowest BCUT2D eigenvalue weighted by Gasteiger charge is -2.11. The van der Waals surface area contributed by atoms with Crippen LogP contribution in [0.5, 0.6) is 0 Å². The van der Waals surface area contributed by atoms with Gasteiger partial charge in [0.05, 0.1) is 0 Å². The van der Waals surface area contributed by atoms with Gasteiger partial charge < -0.3 is 5.73 Å². The van der Waals surface area contributed by atoms with Gasteiger partial charge in [0.25, 0.3) is 0 Å². The number of hydrogen-bond donors (Lipinski definition) is 1. The molecule has 1 atom stereocenters. The van der Waals surface area contributed by atoms with Gasteiger partial charge in [0.1, 0.15) is 0 Å². The number of halogens is 1. The first-order valence-electron chi connectivity index (χ1n) is 5.21. The predicted octanol–water partition coefficient (Wildman–Crippen LogP) is 4.06. The predicted molar refractivity (Wildman–Crippen MR) is 73.8 cm³/mol. The zero-order valence-electron chi connectivity index (χ0n) is 9.11. The van der Waals surface area contributed by atoms with E-state index in [4.69, 9.17) is 5.73 Å². The molecule has 0 aliphatic heterocycles. The molecule has 0 aliphatic rings. The Labute approximate surface area is 108 Å². The molecule has 0 saturated carbocycles. The molecule has 1 aromatic heterocycles. The molecular weight excluding hydrogens is 282 g/mol. The van der Waals surface area contributed by atoms with E-state index >= 15 is 0 Å². The van der Waals surface area contributed by atoms with Gasteiger partial charge in [-0.2, -0.15) is 0 Å². The molecule has 0 aliphatic carbocycles. The van der Waals surface area contributed by atoms with Gasteiger partial charge in [-0.05, 0) is 39.9 Å². The summed E-state index contributed by atoms with van der Waals surface area (Å²) in [5.41, 5.74) is 8.66. The lowest BCUT2D eigenvalue weighted by molar-refractivity contribution is 0.728. The molecule has 84 valence electrons. The highest BCUT2D eigenvalue weighted by Gasteiger charge is 2.10. The monoisotopic (exact) mass is 295 g/mol. The van der Waals surface area contributed by atoms with Crippen LogP contribution >= 0.6 is 27.3 Å². The van der Waals surface area contributed by atoms with E-state index in [1.54, 1.807) is 11.3 Å². The van der Waals surface area contributed by atoms with Crippen molar-refractivity contribution in [3.8, 4) is 0 Å². The fourth-order valence-electron chi connectivity index (χ4n) is 1.60. The van der Waals surface area contributed by atoms with Crippen LogP contribution < -0.4 is 5.73 Å². The maximum atomic E-state index is 6.19. The minimum atomic E-state index is 0.0792. The SMILES string of the molecule is Cc1ccc(C(N)Cc2sccc2Br)cc1. The average Bonchev–Trinajstić information content (AvgIpc) is 2.65. The summed E-state index contributed by atoms with van der Waals surface area (Å²) >= 11 is 5.28. The molecule has 2 N–H and O–H groups in total. The Morgan fingerprint density at radius 1 is 1.25 bits per heavy atom. The molecule has 0 fully saturated rings. The molecule has 1 heterocycles. The van der Waals surface area contributed by atoms with Crippen molar-refractivity contribution in [3.05, 3.63) is 56.2 Å². The fourth-order valence-corrected chi connectivity index (χ4v) is 3.18. The molecule has 2 aromatic rings. The topological polar surface area (TPSA) is 26.0 Å². The van der Waals surface area contributed by atoms with Crippen LogP contribution in [-0.4, -0.2) is 0 Å². The van der Waals surface area contributed by atoms with Gasteiger partial charge in [0.15, 0.2) is 0 Å². The van der Waals surface area contributed by atoms with E-state index in [9.17, 15) is 0 Å². The second kappa shape index (κ2) is 5.13.